The Hall–Kier alpha value is -2.32. The van der Waals surface area contributed by atoms with Gasteiger partial charge in [0.05, 0.1) is 13.7 Å². The quantitative estimate of drug-likeness (QED) is 0.309. The molecule has 4 fully saturated rings. The SMILES string of the molecule is CCOc1cc(OC)ccc1C1(C(=O)N2CCC(N3CCCC3)CC2)NC(CCC2CCCCC2)C(c2ccc(Cl)cc2)N1. The van der Waals surface area contributed by atoms with Gasteiger partial charge in [-0.3, -0.25) is 15.4 Å². The van der Waals surface area contributed by atoms with Crippen LogP contribution in [0.15, 0.2) is 42.5 Å². The second kappa shape index (κ2) is 14.4. The van der Waals surface area contributed by atoms with Crippen LogP contribution in [-0.4, -0.2) is 67.7 Å². The summed E-state index contributed by atoms with van der Waals surface area (Å²) in [6, 6.07) is 14.6. The van der Waals surface area contributed by atoms with Crippen molar-refractivity contribution in [2.45, 2.75) is 101 Å². The number of ether oxygens (including phenoxy) is 2. The Morgan fingerprint density at radius 3 is 2.32 bits per heavy atom. The van der Waals surface area contributed by atoms with E-state index in [4.69, 9.17) is 21.1 Å². The van der Waals surface area contributed by atoms with Crippen LogP contribution in [0.3, 0.4) is 0 Å². The van der Waals surface area contributed by atoms with E-state index in [9.17, 15) is 0 Å². The first-order chi connectivity index (χ1) is 21.5. The average Bonchev–Trinajstić information content (AvgIpc) is 3.74. The highest BCUT2D eigenvalue weighted by Gasteiger charge is 2.54. The maximum absolute atomic E-state index is 15.0. The number of amides is 1. The molecule has 0 radical (unpaired) electrons. The van der Waals surface area contributed by atoms with Gasteiger partial charge in [-0.05, 0) is 94.3 Å². The lowest BCUT2D eigenvalue weighted by atomic mass is 9.84. The van der Waals surface area contributed by atoms with E-state index in [1.54, 1.807) is 7.11 Å². The number of hydrogen-bond acceptors (Lipinski definition) is 6. The lowest BCUT2D eigenvalue weighted by Crippen LogP contribution is -2.61. The molecule has 2 N–H and O–H groups in total. The van der Waals surface area contributed by atoms with Gasteiger partial charge in [-0.2, -0.15) is 0 Å². The molecule has 2 aromatic carbocycles. The molecule has 44 heavy (non-hydrogen) atoms. The fraction of sp³-hybridized carbons (Fsp3) is 0.639. The fourth-order valence-electron chi connectivity index (χ4n) is 8.24. The van der Waals surface area contributed by atoms with Crippen molar-refractivity contribution in [1.82, 2.24) is 20.4 Å². The van der Waals surface area contributed by atoms with Crippen molar-refractivity contribution in [2.75, 3.05) is 39.9 Å². The van der Waals surface area contributed by atoms with Crippen molar-refractivity contribution in [3.63, 3.8) is 0 Å². The molecule has 3 unspecified atom stereocenters. The molecule has 1 aliphatic carbocycles. The first-order valence-electron chi connectivity index (χ1n) is 17.2. The summed E-state index contributed by atoms with van der Waals surface area (Å²) in [5.41, 5.74) is 0.842. The minimum absolute atomic E-state index is 0.0569. The van der Waals surface area contributed by atoms with Gasteiger partial charge in [0.1, 0.15) is 11.5 Å². The summed E-state index contributed by atoms with van der Waals surface area (Å²) in [5.74, 6) is 2.23. The van der Waals surface area contributed by atoms with E-state index in [2.05, 4.69) is 32.6 Å². The summed E-state index contributed by atoms with van der Waals surface area (Å²) >= 11 is 6.34. The highest BCUT2D eigenvalue weighted by atomic mass is 35.5. The molecule has 0 bridgehead atoms. The van der Waals surface area contributed by atoms with Crippen molar-refractivity contribution in [1.29, 1.82) is 0 Å². The van der Waals surface area contributed by atoms with Crippen molar-refractivity contribution >= 4 is 17.5 Å². The number of carbonyl (C=O) groups is 1. The molecule has 4 aliphatic rings. The van der Waals surface area contributed by atoms with Gasteiger partial charge in [0.15, 0.2) is 5.66 Å². The summed E-state index contributed by atoms with van der Waals surface area (Å²) in [4.78, 5) is 19.8. The molecular weight excluding hydrogens is 572 g/mol. The number of rotatable bonds is 10. The summed E-state index contributed by atoms with van der Waals surface area (Å²) in [7, 11) is 1.67. The molecule has 1 amide bonds. The molecule has 3 atom stereocenters. The first kappa shape index (κ1) is 31.7. The third kappa shape index (κ3) is 6.76. The zero-order valence-corrected chi connectivity index (χ0v) is 27.4. The Balaban J connectivity index is 1.35. The lowest BCUT2D eigenvalue weighted by Gasteiger charge is -2.41. The second-order valence-corrected chi connectivity index (χ2v) is 13.8. The van der Waals surface area contributed by atoms with Gasteiger partial charge in [0.2, 0.25) is 0 Å². The molecule has 3 heterocycles. The zero-order chi connectivity index (χ0) is 30.5. The number of hydrogen-bond donors (Lipinski definition) is 2. The van der Waals surface area contributed by atoms with Gasteiger partial charge in [-0.1, -0.05) is 55.8 Å². The lowest BCUT2D eigenvalue weighted by molar-refractivity contribution is -0.141. The van der Waals surface area contributed by atoms with E-state index in [0.29, 0.717) is 24.1 Å². The second-order valence-electron chi connectivity index (χ2n) is 13.3. The van der Waals surface area contributed by atoms with E-state index >= 15 is 4.79 Å². The monoisotopic (exact) mass is 622 g/mol. The van der Waals surface area contributed by atoms with E-state index in [-0.39, 0.29) is 18.0 Å². The Kier molecular flexibility index (Phi) is 10.4. The molecule has 8 heteroatoms. The highest BCUT2D eigenvalue weighted by Crippen LogP contribution is 2.42. The van der Waals surface area contributed by atoms with Crippen LogP contribution in [0.1, 0.15) is 94.7 Å². The predicted molar refractivity (Wildman–Crippen MR) is 176 cm³/mol. The van der Waals surface area contributed by atoms with Crippen molar-refractivity contribution in [2.24, 2.45) is 5.92 Å². The normalized spacial score (nSPS) is 27.1. The number of carbonyl (C=O) groups excluding carboxylic acids is 1. The molecule has 240 valence electrons. The molecule has 0 spiro atoms. The van der Waals surface area contributed by atoms with Crippen molar-refractivity contribution < 1.29 is 14.3 Å². The molecule has 3 saturated heterocycles. The maximum atomic E-state index is 15.0. The Morgan fingerprint density at radius 1 is 0.909 bits per heavy atom. The van der Waals surface area contributed by atoms with Gasteiger partial charge in [0, 0.05) is 47.9 Å². The number of methoxy groups -OCH3 is 1. The van der Waals surface area contributed by atoms with Gasteiger partial charge in [-0.15, -0.1) is 0 Å². The van der Waals surface area contributed by atoms with Crippen LogP contribution < -0.4 is 20.1 Å². The molecule has 6 rings (SSSR count). The van der Waals surface area contributed by atoms with Gasteiger partial charge in [0.25, 0.3) is 5.91 Å². The molecule has 7 nitrogen and oxygen atoms in total. The number of likely N-dealkylation sites (tertiary alicyclic amines) is 2. The summed E-state index contributed by atoms with van der Waals surface area (Å²) in [5, 5.41) is 8.59. The predicted octanol–water partition coefficient (Wildman–Crippen LogP) is 6.65. The fourth-order valence-corrected chi connectivity index (χ4v) is 8.37. The summed E-state index contributed by atoms with van der Waals surface area (Å²) < 4.78 is 11.8. The van der Waals surface area contributed by atoms with E-state index < -0.39 is 5.66 Å². The van der Waals surface area contributed by atoms with Gasteiger partial charge in [-0.25, -0.2) is 0 Å². The smallest absolute Gasteiger partial charge is 0.262 e. The molecule has 3 aliphatic heterocycles. The minimum atomic E-state index is -1.13. The molecule has 0 aromatic heterocycles. The third-order valence-corrected chi connectivity index (χ3v) is 10.9. The Morgan fingerprint density at radius 2 is 1.64 bits per heavy atom. The molecular formula is C36H51ClN4O3. The van der Waals surface area contributed by atoms with Crippen LogP contribution in [-0.2, 0) is 10.5 Å². The topological polar surface area (TPSA) is 66.1 Å². The minimum Gasteiger partial charge on any atom is -0.497 e. The van der Waals surface area contributed by atoms with E-state index in [1.165, 1.54) is 58.0 Å². The van der Waals surface area contributed by atoms with Gasteiger partial charge >= 0.3 is 0 Å². The van der Waals surface area contributed by atoms with Crippen LogP contribution in [0.2, 0.25) is 5.02 Å². The van der Waals surface area contributed by atoms with Crippen LogP contribution in [0.4, 0.5) is 0 Å². The number of nitrogens with zero attached hydrogens (tertiary/aromatic N) is 2. The number of benzene rings is 2. The Labute approximate surface area is 269 Å². The largest absolute Gasteiger partial charge is 0.497 e. The van der Waals surface area contributed by atoms with Crippen LogP contribution in [0, 0.1) is 5.92 Å². The van der Waals surface area contributed by atoms with Crippen LogP contribution >= 0.6 is 11.6 Å². The highest BCUT2D eigenvalue weighted by molar-refractivity contribution is 6.30. The van der Waals surface area contributed by atoms with E-state index in [0.717, 1.165) is 60.8 Å². The standard InChI is InChI=1S/C36H51ClN4O3/c1-3-44-33-25-30(43-2)16-17-31(33)36(35(42)41-23-19-29(20-24-41)40-21-7-8-22-40)38-32(18-11-26-9-5-4-6-10-26)34(39-36)27-12-14-28(37)15-13-27/h12-17,25-26,29,32,34,38-39H,3-11,18-24H2,1-2H3. The van der Waals surface area contributed by atoms with Crippen molar-refractivity contribution in [3.05, 3.63) is 58.6 Å². The summed E-state index contributed by atoms with van der Waals surface area (Å²) in [6.45, 7) is 6.41. The average molecular weight is 623 g/mol. The third-order valence-electron chi connectivity index (χ3n) is 10.6. The summed E-state index contributed by atoms with van der Waals surface area (Å²) in [6.07, 6.45) is 13.4. The first-order valence-corrected chi connectivity index (χ1v) is 17.5. The van der Waals surface area contributed by atoms with Gasteiger partial charge < -0.3 is 19.3 Å². The number of piperidine rings is 1. The maximum Gasteiger partial charge on any atom is 0.262 e. The molecule has 2 aromatic rings. The number of halogens is 1. The Bertz CT molecular complexity index is 1240. The molecule has 1 saturated carbocycles. The van der Waals surface area contributed by atoms with Crippen LogP contribution in [0.5, 0.6) is 11.5 Å². The number of nitrogens with one attached hydrogen (secondary N) is 2. The van der Waals surface area contributed by atoms with Crippen molar-refractivity contribution in [3.8, 4) is 11.5 Å². The van der Waals surface area contributed by atoms with E-state index in [1.807, 2.05) is 37.3 Å². The van der Waals surface area contributed by atoms with Crippen LogP contribution in [0.25, 0.3) is 0 Å². The zero-order valence-electron chi connectivity index (χ0n) is 26.7.